The van der Waals surface area contributed by atoms with E-state index in [9.17, 15) is 8.78 Å². The summed E-state index contributed by atoms with van der Waals surface area (Å²) >= 11 is 0. The molecule has 0 amide bonds. The van der Waals surface area contributed by atoms with Crippen molar-refractivity contribution in [1.82, 2.24) is 9.97 Å². The van der Waals surface area contributed by atoms with Gasteiger partial charge in [0, 0.05) is 36.9 Å². The monoisotopic (exact) mass is 332 g/mol. The van der Waals surface area contributed by atoms with Gasteiger partial charge in [0.1, 0.15) is 18.1 Å². The SMILES string of the molecule is COCCOc1ccc(F)c(Cc2c[nH]c3ncc(C)cc23)c1F. The zero-order chi connectivity index (χ0) is 17.1. The van der Waals surface area contributed by atoms with Gasteiger partial charge < -0.3 is 14.5 Å². The van der Waals surface area contributed by atoms with Gasteiger partial charge in [-0.05, 0) is 36.2 Å². The Morgan fingerprint density at radius 1 is 1.21 bits per heavy atom. The Balaban J connectivity index is 1.93. The number of hydrogen-bond acceptors (Lipinski definition) is 3. The van der Waals surface area contributed by atoms with Gasteiger partial charge in [0.15, 0.2) is 11.6 Å². The topological polar surface area (TPSA) is 47.1 Å². The first-order valence-electron chi connectivity index (χ1n) is 7.61. The number of hydrogen-bond donors (Lipinski definition) is 1. The van der Waals surface area contributed by atoms with Gasteiger partial charge in [-0.15, -0.1) is 0 Å². The van der Waals surface area contributed by atoms with Crippen molar-refractivity contribution in [3.63, 3.8) is 0 Å². The number of aryl methyl sites for hydroxylation is 1. The fourth-order valence-electron chi connectivity index (χ4n) is 2.58. The third kappa shape index (κ3) is 3.23. The predicted molar refractivity (Wildman–Crippen MR) is 87.4 cm³/mol. The zero-order valence-electron chi connectivity index (χ0n) is 13.5. The van der Waals surface area contributed by atoms with Crippen molar-refractivity contribution in [3.05, 3.63) is 58.9 Å². The van der Waals surface area contributed by atoms with Crippen molar-refractivity contribution in [2.45, 2.75) is 13.3 Å². The summed E-state index contributed by atoms with van der Waals surface area (Å²) in [4.78, 5) is 7.30. The first-order chi connectivity index (χ1) is 11.6. The van der Waals surface area contributed by atoms with Crippen LogP contribution in [0.25, 0.3) is 11.0 Å². The van der Waals surface area contributed by atoms with Crippen LogP contribution in [-0.2, 0) is 11.2 Å². The summed E-state index contributed by atoms with van der Waals surface area (Å²) in [7, 11) is 1.53. The summed E-state index contributed by atoms with van der Waals surface area (Å²) in [5, 5.41) is 0.861. The molecule has 0 unspecified atom stereocenters. The molecule has 1 N–H and O–H groups in total. The van der Waals surface area contributed by atoms with Crippen LogP contribution in [0.3, 0.4) is 0 Å². The summed E-state index contributed by atoms with van der Waals surface area (Å²) in [6.45, 7) is 2.46. The second kappa shape index (κ2) is 6.97. The third-order valence-corrected chi connectivity index (χ3v) is 3.82. The maximum absolute atomic E-state index is 14.6. The largest absolute Gasteiger partial charge is 0.488 e. The lowest BCUT2D eigenvalue weighted by molar-refractivity contribution is 0.143. The molecule has 4 nitrogen and oxygen atoms in total. The lowest BCUT2D eigenvalue weighted by Crippen LogP contribution is -2.07. The van der Waals surface area contributed by atoms with Crippen LogP contribution in [-0.4, -0.2) is 30.3 Å². The minimum Gasteiger partial charge on any atom is -0.488 e. The molecule has 24 heavy (non-hydrogen) atoms. The number of ether oxygens (including phenoxy) is 2. The molecule has 2 heterocycles. The summed E-state index contributed by atoms with van der Waals surface area (Å²) in [5.74, 6) is -1.25. The minimum absolute atomic E-state index is 0.0210. The van der Waals surface area contributed by atoms with Crippen LogP contribution < -0.4 is 4.74 Å². The molecule has 0 atom stereocenters. The van der Waals surface area contributed by atoms with Crippen molar-refractivity contribution in [3.8, 4) is 5.75 Å². The second-order valence-corrected chi connectivity index (χ2v) is 5.58. The lowest BCUT2D eigenvalue weighted by Gasteiger charge is -2.11. The number of rotatable bonds is 6. The zero-order valence-corrected chi connectivity index (χ0v) is 13.5. The van der Waals surface area contributed by atoms with Crippen molar-refractivity contribution < 1.29 is 18.3 Å². The van der Waals surface area contributed by atoms with E-state index >= 15 is 0 Å². The fraction of sp³-hybridized carbons (Fsp3) is 0.278. The number of methoxy groups -OCH3 is 1. The van der Waals surface area contributed by atoms with E-state index < -0.39 is 11.6 Å². The van der Waals surface area contributed by atoms with E-state index in [0.29, 0.717) is 12.3 Å². The smallest absolute Gasteiger partial charge is 0.171 e. The highest BCUT2D eigenvalue weighted by Gasteiger charge is 2.17. The number of nitrogens with one attached hydrogen (secondary N) is 1. The molecule has 2 aromatic heterocycles. The van der Waals surface area contributed by atoms with Crippen molar-refractivity contribution >= 4 is 11.0 Å². The van der Waals surface area contributed by atoms with E-state index in [1.54, 1.807) is 12.4 Å². The fourth-order valence-corrected chi connectivity index (χ4v) is 2.58. The standard InChI is InChI=1S/C18H18F2N2O2/c1-11-7-13-12(10-22-18(13)21-9-11)8-14-15(19)3-4-16(17(14)20)24-6-5-23-2/h3-4,7,9-10H,5-6,8H2,1-2H3,(H,21,22). The minimum atomic E-state index is -0.680. The summed E-state index contributed by atoms with van der Waals surface area (Å²) in [6, 6.07) is 4.46. The quantitative estimate of drug-likeness (QED) is 0.699. The van der Waals surface area contributed by atoms with Crippen molar-refractivity contribution in [2.75, 3.05) is 20.3 Å². The van der Waals surface area contributed by atoms with E-state index in [4.69, 9.17) is 9.47 Å². The van der Waals surface area contributed by atoms with Gasteiger partial charge in [-0.3, -0.25) is 0 Å². The van der Waals surface area contributed by atoms with Crippen molar-refractivity contribution in [1.29, 1.82) is 0 Å². The van der Waals surface area contributed by atoms with Crippen LogP contribution in [0, 0.1) is 18.6 Å². The van der Waals surface area contributed by atoms with Gasteiger partial charge in [-0.25, -0.2) is 13.8 Å². The first kappa shape index (κ1) is 16.4. The highest BCUT2D eigenvalue weighted by molar-refractivity contribution is 5.80. The summed E-state index contributed by atoms with van der Waals surface area (Å²) < 4.78 is 38.9. The molecule has 0 radical (unpaired) electrons. The lowest BCUT2D eigenvalue weighted by atomic mass is 10.0. The third-order valence-electron chi connectivity index (χ3n) is 3.82. The molecular formula is C18H18F2N2O2. The number of H-pyrrole nitrogens is 1. The average molecular weight is 332 g/mol. The Kier molecular flexibility index (Phi) is 4.76. The van der Waals surface area contributed by atoms with Gasteiger partial charge in [0.2, 0.25) is 0 Å². The van der Waals surface area contributed by atoms with Gasteiger partial charge in [0.05, 0.1) is 6.61 Å². The van der Waals surface area contributed by atoms with Gasteiger partial charge in [0.25, 0.3) is 0 Å². The van der Waals surface area contributed by atoms with Gasteiger partial charge >= 0.3 is 0 Å². The summed E-state index contributed by atoms with van der Waals surface area (Å²) in [6.07, 6.45) is 3.59. The van der Waals surface area contributed by atoms with Crippen LogP contribution in [0.15, 0.2) is 30.6 Å². The maximum Gasteiger partial charge on any atom is 0.171 e. The molecule has 126 valence electrons. The molecule has 0 aliphatic rings. The van der Waals surface area contributed by atoms with Crippen LogP contribution in [0.5, 0.6) is 5.75 Å². The molecular weight excluding hydrogens is 314 g/mol. The van der Waals surface area contributed by atoms with E-state index in [0.717, 1.165) is 16.5 Å². The Morgan fingerprint density at radius 3 is 2.83 bits per heavy atom. The molecule has 3 aromatic rings. The average Bonchev–Trinajstić information content (AvgIpc) is 2.96. The van der Waals surface area contributed by atoms with Crippen LogP contribution in [0.1, 0.15) is 16.7 Å². The highest BCUT2D eigenvalue weighted by Crippen LogP contribution is 2.28. The Bertz CT molecular complexity index is 862. The number of aromatic nitrogens is 2. The molecule has 0 saturated heterocycles. The molecule has 0 bridgehead atoms. The van der Waals surface area contributed by atoms with Crippen molar-refractivity contribution in [2.24, 2.45) is 0 Å². The molecule has 1 aromatic carbocycles. The number of fused-ring (bicyclic) bond motifs is 1. The number of nitrogens with zero attached hydrogens (tertiary/aromatic N) is 1. The van der Waals surface area contributed by atoms with Gasteiger partial charge in [-0.2, -0.15) is 0 Å². The Hall–Kier alpha value is -2.47. The summed E-state index contributed by atoms with van der Waals surface area (Å²) in [5.41, 5.74) is 2.45. The van der Waals surface area contributed by atoms with E-state index in [1.165, 1.54) is 19.2 Å². The number of halogens is 2. The maximum atomic E-state index is 14.6. The first-order valence-corrected chi connectivity index (χ1v) is 7.61. The molecule has 6 heteroatoms. The van der Waals surface area contributed by atoms with Crippen LogP contribution >= 0.6 is 0 Å². The normalized spacial score (nSPS) is 11.2. The van der Waals surface area contributed by atoms with E-state index in [1.807, 2.05) is 13.0 Å². The number of benzene rings is 1. The Morgan fingerprint density at radius 2 is 2.04 bits per heavy atom. The molecule has 0 aliphatic heterocycles. The number of aromatic amines is 1. The van der Waals surface area contributed by atoms with Gasteiger partial charge in [-0.1, -0.05) is 0 Å². The number of pyridine rings is 1. The second-order valence-electron chi connectivity index (χ2n) is 5.58. The van der Waals surface area contributed by atoms with E-state index in [-0.39, 0.29) is 24.3 Å². The molecule has 0 spiro atoms. The molecule has 0 aliphatic carbocycles. The molecule has 3 rings (SSSR count). The van der Waals surface area contributed by atoms with Crippen LogP contribution in [0.2, 0.25) is 0 Å². The van der Waals surface area contributed by atoms with Crippen LogP contribution in [0.4, 0.5) is 8.78 Å². The Labute approximate surface area is 138 Å². The molecule has 0 fully saturated rings. The van der Waals surface area contributed by atoms with E-state index in [2.05, 4.69) is 9.97 Å². The predicted octanol–water partition coefficient (Wildman–Crippen LogP) is 3.77. The molecule has 0 saturated carbocycles. The highest BCUT2D eigenvalue weighted by atomic mass is 19.1.